The van der Waals surface area contributed by atoms with E-state index >= 15 is 0 Å². The van der Waals surface area contributed by atoms with Gasteiger partial charge >= 0.3 is 6.18 Å². The van der Waals surface area contributed by atoms with Gasteiger partial charge in [0.1, 0.15) is 18.3 Å². The minimum absolute atomic E-state index is 0.228. The third-order valence-electron chi connectivity index (χ3n) is 6.58. The molecule has 4 rings (SSSR count). The second-order valence-corrected chi connectivity index (χ2v) is 8.33. The van der Waals surface area contributed by atoms with Gasteiger partial charge in [0.15, 0.2) is 0 Å². The topological polar surface area (TPSA) is 60.0 Å². The van der Waals surface area contributed by atoms with Crippen molar-refractivity contribution < 1.29 is 17.6 Å². The molecule has 5 nitrogen and oxygen atoms in total. The maximum absolute atomic E-state index is 13.3. The van der Waals surface area contributed by atoms with Crippen LogP contribution in [-0.4, -0.2) is 45.7 Å². The average Bonchev–Trinajstić information content (AvgIpc) is 3.04. The highest BCUT2D eigenvalue weighted by Crippen LogP contribution is 2.56. The number of halogens is 4. The molecule has 2 aromatic heterocycles. The molecule has 9 heteroatoms. The van der Waals surface area contributed by atoms with Crippen LogP contribution in [0.4, 0.5) is 23.4 Å². The van der Waals surface area contributed by atoms with Gasteiger partial charge in [0.2, 0.25) is 0 Å². The minimum atomic E-state index is -4.57. The van der Waals surface area contributed by atoms with Gasteiger partial charge in [0.05, 0.1) is 11.3 Å². The van der Waals surface area contributed by atoms with Gasteiger partial charge in [-0.2, -0.15) is 13.2 Å². The normalized spacial score (nSPS) is 23.9. The summed E-state index contributed by atoms with van der Waals surface area (Å²) in [6.07, 6.45) is 0.447. The lowest BCUT2D eigenvalue weighted by atomic mass is 10.0. The van der Waals surface area contributed by atoms with Gasteiger partial charge in [-0.3, -0.25) is 0 Å². The van der Waals surface area contributed by atoms with Gasteiger partial charge in [-0.05, 0) is 30.7 Å². The zero-order valence-electron chi connectivity index (χ0n) is 17.2. The summed E-state index contributed by atoms with van der Waals surface area (Å²) in [5.74, 6) is 1.50. The van der Waals surface area contributed by atoms with Crippen LogP contribution >= 0.6 is 0 Å². The Labute approximate surface area is 173 Å². The van der Waals surface area contributed by atoms with Crippen molar-refractivity contribution in [3.05, 3.63) is 29.8 Å². The Hall–Kier alpha value is -2.16. The summed E-state index contributed by atoms with van der Waals surface area (Å²) in [5.41, 5.74) is 5.31. The number of imidazole rings is 1. The first-order valence-electron chi connectivity index (χ1n) is 10.5. The smallest absolute Gasteiger partial charge is 0.383 e. The van der Waals surface area contributed by atoms with E-state index in [1.807, 2.05) is 6.20 Å². The molecule has 164 valence electrons. The van der Waals surface area contributed by atoms with Gasteiger partial charge in [-0.1, -0.05) is 13.8 Å². The van der Waals surface area contributed by atoms with E-state index in [0.717, 1.165) is 37.8 Å². The first kappa shape index (κ1) is 21.1. The number of pyridine rings is 1. The summed E-state index contributed by atoms with van der Waals surface area (Å²) in [5, 5.41) is 0. The van der Waals surface area contributed by atoms with Crippen molar-refractivity contribution in [1.29, 1.82) is 0 Å². The number of hydrogen-bond acceptors (Lipinski definition) is 4. The number of nitrogen functional groups attached to an aromatic ring is 1. The summed E-state index contributed by atoms with van der Waals surface area (Å²) < 4.78 is 54.7. The zero-order valence-corrected chi connectivity index (χ0v) is 17.2. The second-order valence-electron chi connectivity index (χ2n) is 8.33. The van der Waals surface area contributed by atoms with E-state index < -0.39 is 17.6 Å². The fraction of sp³-hybridized carbons (Fsp3) is 0.619. The van der Waals surface area contributed by atoms with Crippen LogP contribution in [0.3, 0.4) is 0 Å². The van der Waals surface area contributed by atoms with Crippen LogP contribution in [-0.2, 0) is 6.18 Å². The Kier molecular flexibility index (Phi) is 5.50. The lowest BCUT2D eigenvalue weighted by Gasteiger charge is -2.20. The number of nitrogens with zero attached hydrogens (tertiary/aromatic N) is 4. The molecule has 2 fully saturated rings. The number of nitrogens with two attached hydrogens (primary N) is 1. The molecule has 1 aliphatic carbocycles. The van der Waals surface area contributed by atoms with Crippen molar-refractivity contribution in [2.75, 3.05) is 32.0 Å². The van der Waals surface area contributed by atoms with Crippen LogP contribution in [0.15, 0.2) is 18.5 Å². The highest BCUT2D eigenvalue weighted by atomic mass is 19.4. The lowest BCUT2D eigenvalue weighted by Crippen LogP contribution is -2.27. The summed E-state index contributed by atoms with van der Waals surface area (Å²) in [7, 11) is 0. The van der Waals surface area contributed by atoms with Gasteiger partial charge < -0.3 is 15.2 Å². The predicted molar refractivity (Wildman–Crippen MR) is 107 cm³/mol. The van der Waals surface area contributed by atoms with E-state index in [1.54, 1.807) is 0 Å². The molecule has 0 radical (unpaired) electrons. The Balaban J connectivity index is 1.68. The van der Waals surface area contributed by atoms with Crippen LogP contribution in [0.2, 0.25) is 0 Å². The van der Waals surface area contributed by atoms with Crippen LogP contribution in [0.25, 0.3) is 11.3 Å². The van der Waals surface area contributed by atoms with Crippen LogP contribution in [0, 0.1) is 11.8 Å². The number of aromatic nitrogens is 3. The molecule has 1 unspecified atom stereocenters. The van der Waals surface area contributed by atoms with Gasteiger partial charge in [0.25, 0.3) is 0 Å². The SMILES string of the molecule is CCC(CC)c1nc(-c2cnc(N)c(C(F)(F)F)c2)cn1C1[C@H]2CN(CCF)C[C@@H]12. The molecule has 2 N–H and O–H groups in total. The molecular formula is C21H27F4N5. The van der Waals surface area contributed by atoms with Crippen molar-refractivity contribution in [1.82, 2.24) is 19.4 Å². The predicted octanol–water partition coefficient (Wildman–Crippen LogP) is 4.52. The molecule has 1 saturated carbocycles. The Morgan fingerprint density at radius 3 is 2.43 bits per heavy atom. The fourth-order valence-electron chi connectivity index (χ4n) is 4.88. The summed E-state index contributed by atoms with van der Waals surface area (Å²) in [4.78, 5) is 10.7. The first-order valence-corrected chi connectivity index (χ1v) is 10.5. The summed E-state index contributed by atoms with van der Waals surface area (Å²) >= 11 is 0. The molecule has 1 aliphatic heterocycles. The quantitative estimate of drug-likeness (QED) is 0.663. The molecule has 2 aromatic rings. The van der Waals surface area contributed by atoms with Gasteiger partial charge in [-0.25, -0.2) is 14.4 Å². The van der Waals surface area contributed by atoms with E-state index in [-0.39, 0.29) is 18.6 Å². The second kappa shape index (κ2) is 7.83. The average molecular weight is 425 g/mol. The number of likely N-dealkylation sites (tertiary alicyclic amines) is 1. The zero-order chi connectivity index (χ0) is 21.6. The molecule has 0 amide bonds. The van der Waals surface area contributed by atoms with Crippen molar-refractivity contribution >= 4 is 5.82 Å². The van der Waals surface area contributed by atoms with Crippen molar-refractivity contribution in [2.24, 2.45) is 11.8 Å². The maximum atomic E-state index is 13.3. The molecular weight excluding hydrogens is 398 g/mol. The fourth-order valence-corrected chi connectivity index (χ4v) is 4.88. The number of fused-ring (bicyclic) bond motifs is 1. The van der Waals surface area contributed by atoms with E-state index in [9.17, 15) is 17.6 Å². The van der Waals surface area contributed by atoms with Gasteiger partial charge in [0, 0.05) is 49.6 Å². The number of hydrogen-bond donors (Lipinski definition) is 1. The van der Waals surface area contributed by atoms with Crippen molar-refractivity contribution in [3.63, 3.8) is 0 Å². The minimum Gasteiger partial charge on any atom is -0.383 e. The summed E-state index contributed by atoms with van der Waals surface area (Å²) in [6.45, 7) is 6.02. The van der Waals surface area contributed by atoms with Crippen molar-refractivity contribution in [3.8, 4) is 11.3 Å². The largest absolute Gasteiger partial charge is 0.419 e. The molecule has 1 saturated heterocycles. The number of alkyl halides is 4. The standard InChI is InChI=1S/C21H27F4N5/c1-3-12(4-2)20-28-17(13-7-16(21(23,24)25)19(26)27-8-13)11-30(20)18-14-9-29(6-5-22)10-15(14)18/h7-8,11-12,14-15,18H,3-6,9-10H2,1-2H3,(H2,26,27)/t14-,15+,18?. The maximum Gasteiger partial charge on any atom is 0.419 e. The molecule has 3 atom stereocenters. The Bertz CT molecular complexity index is 893. The van der Waals surface area contributed by atoms with Gasteiger partial charge in [-0.15, -0.1) is 0 Å². The third-order valence-corrected chi connectivity index (χ3v) is 6.58. The Morgan fingerprint density at radius 1 is 1.20 bits per heavy atom. The van der Waals surface area contributed by atoms with E-state index in [0.29, 0.717) is 29.6 Å². The monoisotopic (exact) mass is 425 g/mol. The number of anilines is 1. The highest BCUT2D eigenvalue weighted by Gasteiger charge is 2.57. The summed E-state index contributed by atoms with van der Waals surface area (Å²) in [6, 6.07) is 1.31. The number of rotatable bonds is 7. The van der Waals surface area contributed by atoms with Crippen LogP contribution < -0.4 is 5.73 Å². The lowest BCUT2D eigenvalue weighted by molar-refractivity contribution is -0.137. The molecule has 2 aliphatic rings. The molecule has 30 heavy (non-hydrogen) atoms. The molecule has 0 spiro atoms. The molecule has 0 bridgehead atoms. The van der Waals surface area contributed by atoms with Crippen molar-refractivity contribution in [2.45, 2.75) is 44.8 Å². The van der Waals surface area contributed by atoms with Crippen LogP contribution in [0.5, 0.6) is 0 Å². The molecule has 0 aromatic carbocycles. The highest BCUT2D eigenvalue weighted by molar-refractivity contribution is 5.62. The van der Waals surface area contributed by atoms with E-state index in [4.69, 9.17) is 10.7 Å². The van der Waals surface area contributed by atoms with E-state index in [1.165, 1.54) is 6.20 Å². The number of piperidine rings is 1. The molecule has 3 heterocycles. The first-order chi connectivity index (χ1) is 14.3. The van der Waals surface area contributed by atoms with E-state index in [2.05, 4.69) is 28.3 Å². The van der Waals surface area contributed by atoms with Crippen LogP contribution in [0.1, 0.15) is 50.0 Å². The Morgan fingerprint density at radius 2 is 1.87 bits per heavy atom. The third kappa shape index (κ3) is 3.68.